The quantitative estimate of drug-likeness (QED) is 0.922. The van der Waals surface area contributed by atoms with E-state index in [9.17, 15) is 9.59 Å². The first-order valence-corrected chi connectivity index (χ1v) is 9.06. The number of anilines is 1. The highest BCUT2D eigenvalue weighted by atomic mass is 16.2. The van der Waals surface area contributed by atoms with Gasteiger partial charge in [-0.05, 0) is 31.0 Å². The summed E-state index contributed by atoms with van der Waals surface area (Å²) in [5, 5.41) is 2.91. The average molecular weight is 351 g/mol. The van der Waals surface area contributed by atoms with Crippen LogP contribution in [0.3, 0.4) is 0 Å². The monoisotopic (exact) mass is 351 g/mol. The second-order valence-corrected chi connectivity index (χ2v) is 6.68. The summed E-state index contributed by atoms with van der Waals surface area (Å²) in [6, 6.07) is 17.4. The molecule has 5 heteroatoms. The Labute approximate surface area is 154 Å². The Bertz CT molecular complexity index is 761. The van der Waals surface area contributed by atoms with Gasteiger partial charge in [0.05, 0.1) is 6.42 Å². The smallest absolute Gasteiger partial charge is 0.321 e. The van der Waals surface area contributed by atoms with E-state index in [-0.39, 0.29) is 11.9 Å². The molecule has 0 aromatic heterocycles. The molecule has 1 heterocycles. The molecular formula is C21H25N3O2. The van der Waals surface area contributed by atoms with E-state index in [0.717, 1.165) is 23.2 Å². The van der Waals surface area contributed by atoms with E-state index in [1.165, 1.54) is 0 Å². The SMILES string of the molecule is Cc1cccc(CC(=O)N2CCCN(C(=O)Nc3ccccc3)CC2)c1. The van der Waals surface area contributed by atoms with Crippen LogP contribution in [0.4, 0.5) is 10.5 Å². The van der Waals surface area contributed by atoms with Crippen LogP contribution in [0.1, 0.15) is 17.5 Å². The van der Waals surface area contributed by atoms with Crippen molar-refractivity contribution in [1.82, 2.24) is 9.80 Å². The molecule has 1 fully saturated rings. The number of carbonyl (C=O) groups excluding carboxylic acids is 2. The Kier molecular flexibility index (Phi) is 5.89. The molecule has 1 saturated heterocycles. The Morgan fingerprint density at radius 2 is 1.65 bits per heavy atom. The summed E-state index contributed by atoms with van der Waals surface area (Å²) in [5.74, 6) is 0.126. The van der Waals surface area contributed by atoms with Gasteiger partial charge in [-0.1, -0.05) is 48.0 Å². The number of para-hydroxylation sites is 1. The van der Waals surface area contributed by atoms with E-state index >= 15 is 0 Å². The zero-order chi connectivity index (χ0) is 18.4. The average Bonchev–Trinajstić information content (AvgIpc) is 2.89. The van der Waals surface area contributed by atoms with Crippen molar-refractivity contribution in [2.24, 2.45) is 0 Å². The van der Waals surface area contributed by atoms with Crippen LogP contribution in [0.2, 0.25) is 0 Å². The first-order chi connectivity index (χ1) is 12.6. The van der Waals surface area contributed by atoms with Crippen LogP contribution in [0.15, 0.2) is 54.6 Å². The standard InChI is InChI=1S/C21H25N3O2/c1-17-7-5-8-18(15-17)16-20(25)23-11-6-12-24(14-13-23)21(26)22-19-9-3-2-4-10-19/h2-5,7-10,15H,6,11-14,16H2,1H3,(H,22,26). The number of urea groups is 1. The lowest BCUT2D eigenvalue weighted by atomic mass is 10.1. The number of hydrogen-bond acceptors (Lipinski definition) is 2. The third kappa shape index (κ3) is 4.85. The molecule has 2 aromatic rings. The van der Waals surface area contributed by atoms with E-state index in [0.29, 0.717) is 32.6 Å². The van der Waals surface area contributed by atoms with Crippen molar-refractivity contribution in [3.8, 4) is 0 Å². The van der Waals surface area contributed by atoms with Crippen molar-refractivity contribution in [1.29, 1.82) is 0 Å². The van der Waals surface area contributed by atoms with Crippen LogP contribution in [0, 0.1) is 6.92 Å². The van der Waals surface area contributed by atoms with Gasteiger partial charge in [-0.15, -0.1) is 0 Å². The Morgan fingerprint density at radius 3 is 2.42 bits per heavy atom. The van der Waals surface area contributed by atoms with Gasteiger partial charge in [0.25, 0.3) is 0 Å². The van der Waals surface area contributed by atoms with Crippen molar-refractivity contribution in [2.75, 3.05) is 31.5 Å². The second kappa shape index (κ2) is 8.52. The zero-order valence-corrected chi connectivity index (χ0v) is 15.1. The Balaban J connectivity index is 1.54. The number of benzene rings is 2. The first kappa shape index (κ1) is 18.0. The number of carbonyl (C=O) groups is 2. The minimum Gasteiger partial charge on any atom is -0.341 e. The van der Waals surface area contributed by atoms with Crippen molar-refractivity contribution in [3.05, 3.63) is 65.7 Å². The van der Waals surface area contributed by atoms with Crippen LogP contribution in [-0.4, -0.2) is 47.9 Å². The topological polar surface area (TPSA) is 52.7 Å². The molecule has 0 saturated carbocycles. The van der Waals surface area contributed by atoms with Gasteiger partial charge < -0.3 is 15.1 Å². The van der Waals surface area contributed by atoms with Gasteiger partial charge in [0.2, 0.25) is 5.91 Å². The summed E-state index contributed by atoms with van der Waals surface area (Å²) in [5.41, 5.74) is 2.99. The zero-order valence-electron chi connectivity index (χ0n) is 15.1. The third-order valence-corrected chi connectivity index (χ3v) is 4.60. The first-order valence-electron chi connectivity index (χ1n) is 9.06. The van der Waals surface area contributed by atoms with Gasteiger partial charge in [-0.25, -0.2) is 4.79 Å². The highest BCUT2D eigenvalue weighted by Crippen LogP contribution is 2.11. The lowest BCUT2D eigenvalue weighted by Crippen LogP contribution is -2.39. The fourth-order valence-electron chi connectivity index (χ4n) is 3.20. The van der Waals surface area contributed by atoms with E-state index in [1.54, 1.807) is 4.90 Å². The maximum Gasteiger partial charge on any atom is 0.321 e. The van der Waals surface area contributed by atoms with E-state index in [2.05, 4.69) is 11.4 Å². The van der Waals surface area contributed by atoms with Crippen molar-refractivity contribution >= 4 is 17.6 Å². The van der Waals surface area contributed by atoms with E-state index in [4.69, 9.17) is 0 Å². The number of amides is 3. The van der Waals surface area contributed by atoms with Crippen LogP contribution >= 0.6 is 0 Å². The Morgan fingerprint density at radius 1 is 0.923 bits per heavy atom. The van der Waals surface area contributed by atoms with Crippen LogP contribution in [0.5, 0.6) is 0 Å². The Hall–Kier alpha value is -2.82. The summed E-state index contributed by atoms with van der Waals surface area (Å²) in [6.45, 7) is 4.51. The van der Waals surface area contributed by atoms with Gasteiger partial charge in [0.15, 0.2) is 0 Å². The van der Waals surface area contributed by atoms with Crippen LogP contribution < -0.4 is 5.32 Å². The van der Waals surface area contributed by atoms with E-state index < -0.39 is 0 Å². The summed E-state index contributed by atoms with van der Waals surface area (Å²) in [6.07, 6.45) is 1.21. The molecular weight excluding hydrogens is 326 g/mol. The fourth-order valence-corrected chi connectivity index (χ4v) is 3.20. The number of nitrogens with zero attached hydrogens (tertiary/aromatic N) is 2. The fraction of sp³-hybridized carbons (Fsp3) is 0.333. The normalized spacial score (nSPS) is 14.7. The summed E-state index contributed by atoms with van der Waals surface area (Å²) < 4.78 is 0. The highest BCUT2D eigenvalue weighted by molar-refractivity contribution is 5.89. The minimum atomic E-state index is -0.107. The maximum absolute atomic E-state index is 12.6. The van der Waals surface area contributed by atoms with Gasteiger partial charge in [-0.2, -0.15) is 0 Å². The van der Waals surface area contributed by atoms with Crippen molar-refractivity contribution in [2.45, 2.75) is 19.8 Å². The van der Waals surface area contributed by atoms with E-state index in [1.807, 2.05) is 60.4 Å². The van der Waals surface area contributed by atoms with Crippen molar-refractivity contribution in [3.63, 3.8) is 0 Å². The van der Waals surface area contributed by atoms with Crippen molar-refractivity contribution < 1.29 is 9.59 Å². The molecule has 136 valence electrons. The number of rotatable bonds is 3. The molecule has 1 aliphatic heterocycles. The molecule has 0 atom stereocenters. The predicted molar refractivity (Wildman–Crippen MR) is 103 cm³/mol. The molecule has 2 aromatic carbocycles. The minimum absolute atomic E-state index is 0.107. The molecule has 5 nitrogen and oxygen atoms in total. The molecule has 1 N–H and O–H groups in total. The predicted octanol–water partition coefficient (Wildman–Crippen LogP) is 3.30. The number of aryl methyl sites for hydroxylation is 1. The second-order valence-electron chi connectivity index (χ2n) is 6.68. The molecule has 0 aliphatic carbocycles. The molecule has 0 unspecified atom stereocenters. The molecule has 1 aliphatic rings. The van der Waals surface area contributed by atoms with Gasteiger partial charge >= 0.3 is 6.03 Å². The summed E-state index contributed by atoms with van der Waals surface area (Å²) >= 11 is 0. The molecule has 0 radical (unpaired) electrons. The van der Waals surface area contributed by atoms with Gasteiger partial charge in [0, 0.05) is 31.9 Å². The largest absolute Gasteiger partial charge is 0.341 e. The molecule has 26 heavy (non-hydrogen) atoms. The third-order valence-electron chi connectivity index (χ3n) is 4.60. The molecule has 0 bridgehead atoms. The summed E-state index contributed by atoms with van der Waals surface area (Å²) in [7, 11) is 0. The van der Waals surface area contributed by atoms with Crippen LogP contribution in [0.25, 0.3) is 0 Å². The molecule has 3 rings (SSSR count). The van der Waals surface area contributed by atoms with Gasteiger partial charge in [-0.3, -0.25) is 4.79 Å². The molecule has 3 amide bonds. The maximum atomic E-state index is 12.6. The van der Waals surface area contributed by atoms with Crippen LogP contribution in [-0.2, 0) is 11.2 Å². The number of nitrogens with one attached hydrogen (secondary N) is 1. The summed E-state index contributed by atoms with van der Waals surface area (Å²) in [4.78, 5) is 28.7. The van der Waals surface area contributed by atoms with Gasteiger partial charge in [0.1, 0.15) is 0 Å². The lowest BCUT2D eigenvalue weighted by molar-refractivity contribution is -0.130. The molecule has 0 spiro atoms. The lowest BCUT2D eigenvalue weighted by Gasteiger charge is -2.22. The highest BCUT2D eigenvalue weighted by Gasteiger charge is 2.22. The number of hydrogen-bond donors (Lipinski definition) is 1.